The van der Waals surface area contributed by atoms with Crippen molar-refractivity contribution in [3.05, 3.63) is 13.8 Å². The van der Waals surface area contributed by atoms with Crippen LogP contribution < -0.4 is 0 Å². The Hall–Kier alpha value is 2.80. The van der Waals surface area contributed by atoms with Crippen LogP contribution in [0.5, 0.6) is 0 Å². The molecule has 0 saturated heterocycles. The Balaban J connectivity index is -0.0000000233. The number of hydrogen-bond donors (Lipinski definition) is 1. The van der Waals surface area contributed by atoms with E-state index in [0.717, 1.165) is 0 Å². The van der Waals surface area contributed by atoms with Crippen LogP contribution in [0.4, 0.5) is 0 Å². The molecule has 4 heteroatoms. The van der Waals surface area contributed by atoms with Crippen molar-refractivity contribution in [1.82, 2.24) is 0 Å². The molecule has 0 heterocycles. The zero-order valence-corrected chi connectivity index (χ0v) is 15.3. The Morgan fingerprint density at radius 3 is 1.44 bits per heavy atom. The van der Waals surface area contributed by atoms with E-state index in [1.807, 2.05) is 0 Å². The van der Waals surface area contributed by atoms with Crippen molar-refractivity contribution >= 4 is 0 Å². The largest absolute Gasteiger partial charge is 0.428 e. The van der Waals surface area contributed by atoms with Gasteiger partial charge in [0.1, 0.15) is 0 Å². The van der Waals surface area contributed by atoms with E-state index in [-0.39, 0.29) is 94.7 Å². The molecule has 9 heavy (non-hydrogen) atoms. The molecule has 0 amide bonds. The van der Waals surface area contributed by atoms with Gasteiger partial charge in [-0.05, 0) is 0 Å². The van der Waals surface area contributed by atoms with Crippen molar-refractivity contribution in [3.8, 4) is 0 Å². The second kappa shape index (κ2) is 30.8. The van der Waals surface area contributed by atoms with Crippen LogP contribution in [0.15, 0.2) is 0 Å². The van der Waals surface area contributed by atoms with Crippen LogP contribution in [0.3, 0.4) is 0 Å². The number of aliphatic hydroxyl groups excluding tert-OH is 1. The van der Waals surface area contributed by atoms with Crippen LogP contribution in [0.25, 0.3) is 0 Å². The molecule has 0 unspecified atom stereocenters. The number of aliphatic hydroxyl groups is 1. The van der Waals surface area contributed by atoms with Crippen molar-refractivity contribution in [2.45, 2.75) is 0 Å². The maximum absolute atomic E-state index is 7.46. The van der Waals surface area contributed by atoms with Gasteiger partial charge in [0.25, 0.3) is 0 Å². The van der Waals surface area contributed by atoms with Crippen LogP contribution in [0.2, 0.25) is 0 Å². The molecule has 0 aromatic carbocycles. The molecule has 2 nitrogen and oxygen atoms in total. The minimum absolute atomic E-state index is 0. The van der Waals surface area contributed by atoms with Crippen LogP contribution in [-0.4, -0.2) is 25.4 Å². The third-order valence-corrected chi connectivity index (χ3v) is 0.204. The van der Waals surface area contributed by atoms with Crippen LogP contribution in [-0.2, 0) is 4.74 Å². The van der Waals surface area contributed by atoms with E-state index in [4.69, 9.17) is 5.11 Å². The van der Waals surface area contributed by atoms with Gasteiger partial charge in [-0.1, -0.05) is 13.2 Å². The predicted molar refractivity (Wildman–Crippen MR) is 29.7 cm³/mol. The van der Waals surface area contributed by atoms with Gasteiger partial charge in [0.05, 0.1) is 0 Å². The predicted octanol–water partition coefficient (Wildman–Crippen LogP) is 0.280. The van der Waals surface area contributed by atoms with E-state index in [1.54, 1.807) is 7.11 Å². The standard InChI is InChI=1S/C3H7O.C2H5O.2Ac/c1-3-4-2;1-2-3;;/h1,3H2,2H3;3H,1-2H2;;/q2*-1;;. The molecule has 0 aliphatic rings. The van der Waals surface area contributed by atoms with Gasteiger partial charge in [-0.15, -0.1) is 0 Å². The first-order chi connectivity index (χ1) is 3.33. The zero-order chi connectivity index (χ0) is 6.12. The van der Waals surface area contributed by atoms with Gasteiger partial charge in [0.2, 0.25) is 0 Å². The van der Waals surface area contributed by atoms with Gasteiger partial charge in [0, 0.05) is 95.2 Å². The first-order valence-corrected chi connectivity index (χ1v) is 2.01. The fraction of sp³-hybridized carbons (Fsp3) is 0.600. The summed E-state index contributed by atoms with van der Waals surface area (Å²) in [6, 6.07) is 0. The summed E-state index contributed by atoms with van der Waals surface area (Å²) in [5.41, 5.74) is 0. The quantitative estimate of drug-likeness (QED) is 0.470. The molecule has 0 spiro atoms. The molecule has 0 aliphatic carbocycles. The Morgan fingerprint density at radius 2 is 1.44 bits per heavy atom. The summed E-state index contributed by atoms with van der Waals surface area (Å²) < 4.78 is 4.43. The zero-order valence-electron chi connectivity index (χ0n) is 5.84. The van der Waals surface area contributed by atoms with Crippen molar-refractivity contribution in [2.75, 3.05) is 20.3 Å². The molecule has 1 N–H and O–H groups in total. The van der Waals surface area contributed by atoms with Crippen molar-refractivity contribution in [3.63, 3.8) is 0 Å². The van der Waals surface area contributed by atoms with Gasteiger partial charge in [-0.25, -0.2) is 0 Å². The van der Waals surface area contributed by atoms with Crippen molar-refractivity contribution < 1.29 is 98.0 Å². The summed E-state index contributed by atoms with van der Waals surface area (Å²) in [5, 5.41) is 7.46. The number of hydrogen-bond acceptors (Lipinski definition) is 2. The molecule has 0 saturated carbocycles. The topological polar surface area (TPSA) is 29.5 Å². The average Bonchev–Trinajstić information content (AvgIpc) is 1.69. The first kappa shape index (κ1) is 22.6. The third-order valence-electron chi connectivity index (χ3n) is 0.204. The molecule has 52 valence electrons. The van der Waals surface area contributed by atoms with Gasteiger partial charge >= 0.3 is 0 Å². The van der Waals surface area contributed by atoms with Crippen LogP contribution in [0, 0.1) is 102 Å². The van der Waals surface area contributed by atoms with E-state index >= 15 is 0 Å². The van der Waals surface area contributed by atoms with E-state index < -0.39 is 0 Å². The molecule has 2 radical (unpaired) electrons. The number of methoxy groups -OCH3 is 1. The molecule has 0 aromatic heterocycles. The summed E-state index contributed by atoms with van der Waals surface area (Å²) in [7, 11) is 1.62. The normalized spacial score (nSPS) is 5.33. The minimum Gasteiger partial charge on any atom is -0.428 e. The van der Waals surface area contributed by atoms with Crippen molar-refractivity contribution in [1.29, 1.82) is 0 Å². The molecule has 0 aromatic rings. The van der Waals surface area contributed by atoms with E-state index in [1.165, 1.54) is 0 Å². The Labute approximate surface area is 129 Å². The summed E-state index contributed by atoms with van der Waals surface area (Å²) >= 11 is 0. The Kier molecular flexibility index (Phi) is 77.5. The average molecular weight is 558 g/mol. The summed E-state index contributed by atoms with van der Waals surface area (Å²) in [4.78, 5) is 0. The molecule has 0 rings (SSSR count). The maximum atomic E-state index is 7.46. The minimum atomic E-state index is 0. The van der Waals surface area contributed by atoms with Gasteiger partial charge in [0.15, 0.2) is 0 Å². The fourth-order valence-electron chi connectivity index (χ4n) is 0. The Bertz CT molecular complexity index is 20.4. The molecular weight excluding hydrogens is 546 g/mol. The van der Waals surface area contributed by atoms with Gasteiger partial charge < -0.3 is 23.7 Å². The van der Waals surface area contributed by atoms with E-state index in [9.17, 15) is 0 Å². The maximum Gasteiger partial charge on any atom is 0.0319 e. The summed E-state index contributed by atoms with van der Waals surface area (Å²) in [6.45, 7) is 6.99. The van der Waals surface area contributed by atoms with Crippen LogP contribution in [0.1, 0.15) is 0 Å². The third kappa shape index (κ3) is 57.9. The van der Waals surface area contributed by atoms with Crippen LogP contribution >= 0.6 is 0 Å². The number of ether oxygens (including phenoxy) is 1. The molecule has 0 aliphatic heterocycles. The molecular formula is C5H12Ac2O2-2. The summed E-state index contributed by atoms with van der Waals surface area (Å²) in [5.74, 6) is 0. The fourth-order valence-corrected chi connectivity index (χ4v) is 0. The molecule has 0 fully saturated rings. The second-order valence-electron chi connectivity index (χ2n) is 0.716. The first-order valence-electron chi connectivity index (χ1n) is 2.01. The SMILES string of the molecule is [Ac].[Ac].[CH2-]CO.[CH2-]COC. The van der Waals surface area contributed by atoms with Gasteiger partial charge in [-0.2, -0.15) is 0 Å². The van der Waals surface area contributed by atoms with E-state index in [2.05, 4.69) is 18.6 Å². The Morgan fingerprint density at radius 1 is 1.33 bits per heavy atom. The van der Waals surface area contributed by atoms with Gasteiger partial charge in [-0.3, -0.25) is 0 Å². The van der Waals surface area contributed by atoms with Crippen molar-refractivity contribution in [2.24, 2.45) is 0 Å². The summed E-state index contributed by atoms with van der Waals surface area (Å²) in [6.07, 6.45) is 0. The molecule has 0 atom stereocenters. The number of rotatable bonds is 1. The second-order valence-corrected chi connectivity index (χ2v) is 0.716. The monoisotopic (exact) mass is 558 g/mol. The smallest absolute Gasteiger partial charge is 0.0319 e. The molecule has 0 bridgehead atoms. The van der Waals surface area contributed by atoms with E-state index in [0.29, 0.717) is 6.61 Å².